The van der Waals surface area contributed by atoms with Gasteiger partial charge in [-0.15, -0.1) is 11.8 Å². The summed E-state index contributed by atoms with van der Waals surface area (Å²) in [5, 5.41) is 10.4. The van der Waals surface area contributed by atoms with E-state index in [0.29, 0.717) is 11.6 Å². The van der Waals surface area contributed by atoms with Crippen LogP contribution in [0.2, 0.25) is 0 Å². The van der Waals surface area contributed by atoms with Gasteiger partial charge in [0, 0.05) is 23.4 Å². The van der Waals surface area contributed by atoms with Crippen molar-refractivity contribution < 1.29 is 9.59 Å². The van der Waals surface area contributed by atoms with Crippen molar-refractivity contribution in [3.8, 4) is 5.82 Å². The highest BCUT2D eigenvalue weighted by atomic mass is 32.2. The number of pyridine rings is 1. The molecule has 1 aromatic carbocycles. The lowest BCUT2D eigenvalue weighted by molar-refractivity contribution is -0.114. The van der Waals surface area contributed by atoms with Crippen molar-refractivity contribution >= 4 is 35.1 Å². The summed E-state index contributed by atoms with van der Waals surface area (Å²) >= 11 is 1.26. The third kappa shape index (κ3) is 6.42. The minimum absolute atomic E-state index is 0.142. The van der Waals surface area contributed by atoms with Crippen LogP contribution in [0.4, 0.5) is 11.5 Å². The number of aromatic nitrogens is 3. The molecule has 0 aliphatic heterocycles. The zero-order valence-corrected chi connectivity index (χ0v) is 19.0. The lowest BCUT2D eigenvalue weighted by Gasteiger charge is -2.13. The lowest BCUT2D eigenvalue weighted by Crippen LogP contribution is -2.20. The second-order valence-electron chi connectivity index (χ2n) is 8.22. The SMILES string of the molecule is Cc1cccc(NC(=O)CSCC(=O)Nc2cc(C(C)(C)C)nn2-c2ccccn2)c1. The summed E-state index contributed by atoms with van der Waals surface area (Å²) in [6.45, 7) is 8.15. The predicted octanol–water partition coefficient (Wildman–Crippen LogP) is 4.18. The number of thioether (sulfide) groups is 1. The standard InChI is InChI=1S/C23H27N5O2S/c1-16-8-7-9-17(12-16)25-21(29)14-31-15-22(30)26-20-13-18(23(2,3)4)27-28(20)19-10-5-6-11-24-19/h5-13H,14-15H2,1-4H3,(H,25,29)(H,26,30). The van der Waals surface area contributed by atoms with Gasteiger partial charge in [-0.25, -0.2) is 4.98 Å². The van der Waals surface area contributed by atoms with E-state index in [1.165, 1.54) is 11.8 Å². The summed E-state index contributed by atoms with van der Waals surface area (Å²) in [5.74, 6) is 1.17. The highest BCUT2D eigenvalue weighted by Gasteiger charge is 2.22. The first kappa shape index (κ1) is 22.6. The van der Waals surface area contributed by atoms with Crippen LogP contribution in [0.3, 0.4) is 0 Å². The number of anilines is 2. The minimum Gasteiger partial charge on any atom is -0.325 e. The Morgan fingerprint density at radius 3 is 2.39 bits per heavy atom. The Bertz CT molecular complexity index is 1060. The second-order valence-corrected chi connectivity index (χ2v) is 9.21. The molecule has 0 aliphatic rings. The summed E-state index contributed by atoms with van der Waals surface area (Å²) < 4.78 is 1.63. The number of nitrogens with one attached hydrogen (secondary N) is 2. The van der Waals surface area contributed by atoms with Gasteiger partial charge in [0.25, 0.3) is 0 Å². The van der Waals surface area contributed by atoms with E-state index in [9.17, 15) is 9.59 Å². The van der Waals surface area contributed by atoms with Crippen LogP contribution in [-0.4, -0.2) is 38.1 Å². The molecular formula is C23H27N5O2S. The normalized spacial score (nSPS) is 11.2. The van der Waals surface area contributed by atoms with Gasteiger partial charge < -0.3 is 10.6 Å². The fourth-order valence-corrected chi connectivity index (χ4v) is 3.44. The summed E-state index contributed by atoms with van der Waals surface area (Å²) in [5.41, 5.74) is 2.49. The van der Waals surface area contributed by atoms with Gasteiger partial charge in [0.05, 0.1) is 17.2 Å². The molecule has 0 unspecified atom stereocenters. The van der Waals surface area contributed by atoms with Gasteiger partial charge in [-0.1, -0.05) is 39.0 Å². The van der Waals surface area contributed by atoms with Crippen LogP contribution in [0.1, 0.15) is 32.0 Å². The molecule has 8 heteroatoms. The van der Waals surface area contributed by atoms with Gasteiger partial charge >= 0.3 is 0 Å². The topological polar surface area (TPSA) is 88.9 Å². The van der Waals surface area contributed by atoms with Gasteiger partial charge in [0.15, 0.2) is 5.82 Å². The summed E-state index contributed by atoms with van der Waals surface area (Å²) in [6, 6.07) is 15.0. The Morgan fingerprint density at radius 1 is 1.00 bits per heavy atom. The van der Waals surface area contributed by atoms with E-state index in [-0.39, 0.29) is 28.7 Å². The number of amides is 2. The largest absolute Gasteiger partial charge is 0.325 e. The average molecular weight is 438 g/mol. The van der Waals surface area contributed by atoms with Crippen molar-refractivity contribution in [2.24, 2.45) is 0 Å². The number of carbonyl (C=O) groups excluding carboxylic acids is 2. The van der Waals surface area contributed by atoms with Gasteiger partial charge in [0.1, 0.15) is 5.82 Å². The molecule has 0 radical (unpaired) electrons. The molecule has 0 fully saturated rings. The fourth-order valence-electron chi connectivity index (χ4n) is 2.83. The molecule has 7 nitrogen and oxygen atoms in total. The van der Waals surface area contributed by atoms with Crippen molar-refractivity contribution in [3.05, 3.63) is 66.0 Å². The van der Waals surface area contributed by atoms with Crippen molar-refractivity contribution in [3.63, 3.8) is 0 Å². The molecular weight excluding hydrogens is 410 g/mol. The maximum Gasteiger partial charge on any atom is 0.235 e. The van der Waals surface area contributed by atoms with Crippen molar-refractivity contribution in [2.45, 2.75) is 33.1 Å². The monoisotopic (exact) mass is 437 g/mol. The Kier molecular flexibility index (Phi) is 7.12. The number of benzene rings is 1. The first-order valence-electron chi connectivity index (χ1n) is 9.98. The fraction of sp³-hybridized carbons (Fsp3) is 0.304. The molecule has 0 bridgehead atoms. The maximum atomic E-state index is 12.5. The Labute approximate surface area is 186 Å². The zero-order valence-electron chi connectivity index (χ0n) is 18.2. The van der Waals surface area contributed by atoms with Gasteiger partial charge in [-0.2, -0.15) is 9.78 Å². The van der Waals surface area contributed by atoms with Crippen LogP contribution in [0.5, 0.6) is 0 Å². The molecule has 2 heterocycles. The number of rotatable bonds is 7. The van der Waals surface area contributed by atoms with E-state index in [1.807, 2.05) is 55.5 Å². The summed E-state index contributed by atoms with van der Waals surface area (Å²) in [7, 11) is 0. The van der Waals surface area contributed by atoms with Crippen molar-refractivity contribution in [2.75, 3.05) is 22.1 Å². The number of aryl methyl sites for hydroxylation is 1. The van der Waals surface area contributed by atoms with Crippen LogP contribution in [-0.2, 0) is 15.0 Å². The van der Waals surface area contributed by atoms with Crippen LogP contribution in [0, 0.1) is 6.92 Å². The number of hydrogen-bond acceptors (Lipinski definition) is 5. The predicted molar refractivity (Wildman–Crippen MR) is 126 cm³/mol. The Morgan fingerprint density at radius 2 is 1.74 bits per heavy atom. The van der Waals surface area contributed by atoms with Gasteiger partial charge in [0.2, 0.25) is 11.8 Å². The van der Waals surface area contributed by atoms with Crippen molar-refractivity contribution in [1.29, 1.82) is 0 Å². The Hall–Kier alpha value is -3.13. The molecule has 0 spiro atoms. The van der Waals surface area contributed by atoms with Gasteiger partial charge in [-0.3, -0.25) is 9.59 Å². The molecule has 0 atom stereocenters. The van der Waals surface area contributed by atoms with Crippen LogP contribution >= 0.6 is 11.8 Å². The van der Waals surface area contributed by atoms with Gasteiger partial charge in [-0.05, 0) is 36.8 Å². The number of carbonyl (C=O) groups is 2. The van der Waals surface area contributed by atoms with E-state index in [2.05, 4.69) is 41.5 Å². The van der Waals surface area contributed by atoms with E-state index in [4.69, 9.17) is 0 Å². The van der Waals surface area contributed by atoms with E-state index in [1.54, 1.807) is 10.9 Å². The summed E-state index contributed by atoms with van der Waals surface area (Å²) in [6.07, 6.45) is 1.68. The van der Waals surface area contributed by atoms with Crippen LogP contribution in [0.25, 0.3) is 5.82 Å². The highest BCUT2D eigenvalue weighted by Crippen LogP contribution is 2.25. The average Bonchev–Trinajstić information content (AvgIpc) is 3.13. The molecule has 31 heavy (non-hydrogen) atoms. The Balaban J connectivity index is 1.60. The molecule has 0 saturated carbocycles. The second kappa shape index (κ2) is 9.78. The smallest absolute Gasteiger partial charge is 0.235 e. The highest BCUT2D eigenvalue weighted by molar-refractivity contribution is 8.00. The molecule has 162 valence electrons. The summed E-state index contributed by atoms with van der Waals surface area (Å²) in [4.78, 5) is 29.0. The van der Waals surface area contributed by atoms with E-state index >= 15 is 0 Å². The molecule has 3 aromatic rings. The molecule has 2 N–H and O–H groups in total. The molecule has 2 amide bonds. The van der Waals surface area contributed by atoms with Crippen LogP contribution < -0.4 is 10.6 Å². The molecule has 2 aromatic heterocycles. The van der Waals surface area contributed by atoms with Crippen LogP contribution in [0.15, 0.2) is 54.7 Å². The third-order valence-electron chi connectivity index (χ3n) is 4.38. The van der Waals surface area contributed by atoms with Crippen molar-refractivity contribution in [1.82, 2.24) is 14.8 Å². The first-order valence-corrected chi connectivity index (χ1v) is 11.1. The first-order chi connectivity index (χ1) is 14.7. The third-order valence-corrected chi connectivity index (χ3v) is 5.31. The zero-order chi connectivity index (χ0) is 22.4. The minimum atomic E-state index is -0.203. The van der Waals surface area contributed by atoms with E-state index < -0.39 is 0 Å². The number of nitrogens with zero attached hydrogens (tertiary/aromatic N) is 3. The molecule has 3 rings (SSSR count). The number of hydrogen-bond donors (Lipinski definition) is 2. The molecule has 0 saturated heterocycles. The maximum absolute atomic E-state index is 12.5. The lowest BCUT2D eigenvalue weighted by atomic mass is 9.92. The molecule has 0 aliphatic carbocycles. The quantitative estimate of drug-likeness (QED) is 0.579. The van der Waals surface area contributed by atoms with E-state index in [0.717, 1.165) is 16.9 Å².